The van der Waals surface area contributed by atoms with Crippen molar-refractivity contribution in [1.82, 2.24) is 15.5 Å². The molecule has 0 aliphatic rings. The number of anilines is 1. The second kappa shape index (κ2) is 6.26. The van der Waals surface area contributed by atoms with Crippen molar-refractivity contribution in [3.63, 3.8) is 0 Å². The molecule has 2 amide bonds. The van der Waals surface area contributed by atoms with Crippen molar-refractivity contribution >= 4 is 39.9 Å². The lowest BCUT2D eigenvalue weighted by Gasteiger charge is -2.06. The van der Waals surface area contributed by atoms with Gasteiger partial charge in [0.1, 0.15) is 5.51 Å². The summed E-state index contributed by atoms with van der Waals surface area (Å²) in [5.74, 6) is -0.782. The molecule has 0 unspecified atom stereocenters. The smallest absolute Gasteiger partial charge is 0.253 e. The molecule has 2 aromatic rings. The molecule has 1 aromatic heterocycles. The molecule has 0 fully saturated rings. The van der Waals surface area contributed by atoms with E-state index < -0.39 is 5.91 Å². The average molecular weight is 297 g/mol. The molecule has 6 nitrogen and oxygen atoms in total. The fourth-order valence-electron chi connectivity index (χ4n) is 1.29. The Kier molecular flexibility index (Phi) is 4.43. The van der Waals surface area contributed by atoms with Gasteiger partial charge in [0.25, 0.3) is 5.91 Å². The van der Waals surface area contributed by atoms with Crippen LogP contribution in [0.3, 0.4) is 0 Å². The van der Waals surface area contributed by atoms with Crippen molar-refractivity contribution in [2.24, 2.45) is 0 Å². The van der Waals surface area contributed by atoms with E-state index in [-0.39, 0.29) is 12.5 Å². The van der Waals surface area contributed by atoms with E-state index in [9.17, 15) is 9.59 Å². The van der Waals surface area contributed by atoms with E-state index in [0.717, 1.165) is 0 Å². The van der Waals surface area contributed by atoms with Crippen LogP contribution in [-0.2, 0) is 4.79 Å². The molecule has 1 heterocycles. The van der Waals surface area contributed by atoms with Crippen LogP contribution in [0.4, 0.5) is 5.13 Å². The summed E-state index contributed by atoms with van der Waals surface area (Å²) in [7, 11) is 0. The number of carbonyl (C=O) groups is 2. The Balaban J connectivity index is 1.87. The Morgan fingerprint density at radius 1 is 1.32 bits per heavy atom. The number of halogens is 1. The Morgan fingerprint density at radius 3 is 2.79 bits per heavy atom. The van der Waals surface area contributed by atoms with Crippen LogP contribution in [0.25, 0.3) is 0 Å². The second-order valence-electron chi connectivity index (χ2n) is 3.45. The van der Waals surface area contributed by atoms with Crippen LogP contribution in [-0.4, -0.2) is 28.6 Å². The monoisotopic (exact) mass is 296 g/mol. The molecule has 0 atom stereocenters. The van der Waals surface area contributed by atoms with Gasteiger partial charge < -0.3 is 5.32 Å². The highest BCUT2D eigenvalue weighted by Crippen LogP contribution is 2.14. The lowest BCUT2D eigenvalue weighted by atomic mass is 10.2. The summed E-state index contributed by atoms with van der Waals surface area (Å²) in [5, 5.41) is 12.9. The van der Waals surface area contributed by atoms with E-state index >= 15 is 0 Å². The number of nitrogens with zero attached hydrogens (tertiary/aromatic N) is 2. The van der Waals surface area contributed by atoms with Gasteiger partial charge in [-0.05, 0) is 12.1 Å². The molecule has 0 aliphatic carbocycles. The normalized spacial score (nSPS) is 9.95. The number of aromatic nitrogens is 2. The van der Waals surface area contributed by atoms with E-state index in [4.69, 9.17) is 11.6 Å². The van der Waals surface area contributed by atoms with Crippen LogP contribution in [0.5, 0.6) is 0 Å². The molecule has 2 N–H and O–H groups in total. The first-order chi connectivity index (χ1) is 9.16. The molecule has 0 radical (unpaired) electrons. The van der Waals surface area contributed by atoms with Gasteiger partial charge in [0.15, 0.2) is 0 Å². The number of benzene rings is 1. The molecule has 1 aromatic carbocycles. The first-order valence-corrected chi connectivity index (χ1v) is 6.51. The highest BCUT2D eigenvalue weighted by molar-refractivity contribution is 7.13. The zero-order chi connectivity index (χ0) is 13.7. The zero-order valence-corrected chi connectivity index (χ0v) is 11.2. The molecular formula is C11H9ClN4O2S. The van der Waals surface area contributed by atoms with E-state index in [1.165, 1.54) is 16.8 Å². The van der Waals surface area contributed by atoms with Gasteiger partial charge in [-0.1, -0.05) is 35.1 Å². The summed E-state index contributed by atoms with van der Waals surface area (Å²) in [4.78, 5) is 23.3. The van der Waals surface area contributed by atoms with Gasteiger partial charge in [-0.2, -0.15) is 0 Å². The lowest BCUT2D eigenvalue weighted by Crippen LogP contribution is -2.32. The summed E-state index contributed by atoms with van der Waals surface area (Å²) in [5.41, 5.74) is 1.82. The van der Waals surface area contributed by atoms with Crippen molar-refractivity contribution < 1.29 is 9.59 Å². The van der Waals surface area contributed by atoms with Crippen molar-refractivity contribution in [1.29, 1.82) is 0 Å². The van der Waals surface area contributed by atoms with Crippen molar-refractivity contribution in [3.8, 4) is 0 Å². The quantitative estimate of drug-likeness (QED) is 0.897. The average Bonchev–Trinajstić information content (AvgIpc) is 2.89. The van der Waals surface area contributed by atoms with Crippen LogP contribution in [0.2, 0.25) is 5.02 Å². The Morgan fingerprint density at radius 2 is 2.11 bits per heavy atom. The molecule has 0 saturated heterocycles. The summed E-state index contributed by atoms with van der Waals surface area (Å²) in [6.07, 6.45) is 0. The van der Waals surface area contributed by atoms with Crippen LogP contribution in [0, 0.1) is 0 Å². The summed E-state index contributed by atoms with van der Waals surface area (Å²) < 4.78 is 0. The van der Waals surface area contributed by atoms with E-state index in [2.05, 4.69) is 20.8 Å². The predicted octanol–water partition coefficient (Wildman–Crippen LogP) is 1.56. The molecule has 19 heavy (non-hydrogen) atoms. The molecule has 0 spiro atoms. The Labute approximate surface area is 117 Å². The first-order valence-electron chi connectivity index (χ1n) is 5.25. The highest BCUT2D eigenvalue weighted by Gasteiger charge is 2.11. The van der Waals surface area contributed by atoms with Gasteiger partial charge in [0.2, 0.25) is 11.0 Å². The van der Waals surface area contributed by atoms with Crippen LogP contribution in [0.15, 0.2) is 29.8 Å². The maximum atomic E-state index is 11.8. The van der Waals surface area contributed by atoms with Crippen molar-refractivity contribution in [2.45, 2.75) is 0 Å². The maximum Gasteiger partial charge on any atom is 0.253 e. The maximum absolute atomic E-state index is 11.8. The third-order valence-corrected chi connectivity index (χ3v) is 3.07. The third kappa shape index (κ3) is 3.73. The minimum absolute atomic E-state index is 0.163. The predicted molar refractivity (Wildman–Crippen MR) is 72.3 cm³/mol. The topological polar surface area (TPSA) is 84.0 Å². The van der Waals surface area contributed by atoms with Crippen molar-refractivity contribution in [2.75, 3.05) is 11.9 Å². The third-order valence-electron chi connectivity index (χ3n) is 2.13. The first kappa shape index (κ1) is 13.4. The van der Waals surface area contributed by atoms with Crippen LogP contribution < -0.4 is 10.6 Å². The van der Waals surface area contributed by atoms with Crippen LogP contribution >= 0.6 is 22.9 Å². The van der Waals surface area contributed by atoms with Gasteiger partial charge in [-0.25, -0.2) is 0 Å². The van der Waals surface area contributed by atoms with Gasteiger partial charge in [0, 0.05) is 0 Å². The number of rotatable bonds is 4. The van der Waals surface area contributed by atoms with Gasteiger partial charge in [-0.3, -0.25) is 14.9 Å². The molecular weight excluding hydrogens is 288 g/mol. The number of hydrogen-bond acceptors (Lipinski definition) is 5. The van der Waals surface area contributed by atoms with E-state index in [1.807, 2.05) is 0 Å². The lowest BCUT2D eigenvalue weighted by molar-refractivity contribution is -0.115. The minimum Gasteiger partial charge on any atom is -0.343 e. The number of nitrogens with one attached hydrogen (secondary N) is 2. The molecule has 0 aliphatic heterocycles. The summed E-state index contributed by atoms with van der Waals surface area (Å²) in [6, 6.07) is 6.61. The van der Waals surface area contributed by atoms with Gasteiger partial charge >= 0.3 is 0 Å². The van der Waals surface area contributed by atoms with E-state index in [0.29, 0.717) is 15.7 Å². The van der Waals surface area contributed by atoms with Gasteiger partial charge in [0.05, 0.1) is 17.1 Å². The molecule has 98 valence electrons. The Hall–Kier alpha value is -1.99. The highest BCUT2D eigenvalue weighted by atomic mass is 35.5. The standard InChI is InChI=1S/C11H9ClN4O2S/c12-8-4-2-1-3-7(8)10(18)13-5-9(17)15-11-16-14-6-19-11/h1-4,6H,5H2,(H,13,18)(H,15,16,17). The number of hydrogen-bond donors (Lipinski definition) is 2. The van der Waals surface area contributed by atoms with Crippen molar-refractivity contribution in [3.05, 3.63) is 40.4 Å². The van der Waals surface area contributed by atoms with Crippen LogP contribution in [0.1, 0.15) is 10.4 Å². The number of amides is 2. The van der Waals surface area contributed by atoms with E-state index in [1.54, 1.807) is 24.3 Å². The SMILES string of the molecule is O=C(CNC(=O)c1ccccc1Cl)Nc1nncs1. The largest absolute Gasteiger partial charge is 0.343 e. The molecule has 2 rings (SSSR count). The summed E-state index contributed by atoms with van der Waals surface area (Å²) in [6.45, 7) is -0.163. The zero-order valence-electron chi connectivity index (χ0n) is 9.59. The number of carbonyl (C=O) groups excluding carboxylic acids is 2. The molecule has 0 bridgehead atoms. The fraction of sp³-hybridized carbons (Fsp3) is 0.0909. The fourth-order valence-corrected chi connectivity index (χ4v) is 1.97. The second-order valence-corrected chi connectivity index (χ2v) is 4.70. The summed E-state index contributed by atoms with van der Waals surface area (Å²) >= 11 is 7.07. The van der Waals surface area contributed by atoms with Gasteiger partial charge in [-0.15, -0.1) is 10.2 Å². The Bertz CT molecular complexity index is 588. The molecule has 0 saturated carbocycles. The minimum atomic E-state index is -0.405. The molecule has 8 heteroatoms.